The molecule has 3 nitrogen and oxygen atoms in total. The molecule has 1 N–H and O–H groups in total. The quantitative estimate of drug-likeness (QED) is 0.595. The zero-order valence-corrected chi connectivity index (χ0v) is 14.9. The number of nitrogens with zero attached hydrogens (tertiary/aromatic N) is 1. The molecule has 1 heterocycles. The van der Waals surface area contributed by atoms with Crippen LogP contribution < -0.4 is 15.0 Å². The van der Waals surface area contributed by atoms with Gasteiger partial charge in [-0.1, -0.05) is 30.3 Å². The molecule has 0 unspecified atom stereocenters. The lowest BCUT2D eigenvalue weighted by Gasteiger charge is -2.30. The van der Waals surface area contributed by atoms with E-state index in [1.165, 1.54) is 24.9 Å². The lowest BCUT2D eigenvalue weighted by molar-refractivity contribution is 0.483. The number of benzene rings is 3. The highest BCUT2D eigenvalue weighted by Crippen LogP contribution is 2.31. The molecule has 0 saturated carbocycles. The summed E-state index contributed by atoms with van der Waals surface area (Å²) in [7, 11) is 0. The normalized spacial score (nSPS) is 14.1. The van der Waals surface area contributed by atoms with Crippen molar-refractivity contribution in [2.75, 3.05) is 23.3 Å². The summed E-state index contributed by atoms with van der Waals surface area (Å²) in [5.41, 5.74) is 3.51. The third kappa shape index (κ3) is 3.99. The number of hydrogen-bond donors (Lipinski definition) is 1. The first-order chi connectivity index (χ1) is 12.9. The summed E-state index contributed by atoms with van der Waals surface area (Å²) in [6.07, 6.45) is 3.90. The number of piperidine rings is 1. The van der Waals surface area contributed by atoms with Crippen LogP contribution in [0.4, 0.5) is 17.1 Å². The second kappa shape index (κ2) is 7.96. The van der Waals surface area contributed by atoms with Crippen molar-refractivity contribution in [3.8, 4) is 11.5 Å². The number of nitrogens with one attached hydrogen (secondary N) is 1. The van der Waals surface area contributed by atoms with Gasteiger partial charge in [0.25, 0.3) is 0 Å². The van der Waals surface area contributed by atoms with Crippen LogP contribution in [0.25, 0.3) is 0 Å². The number of rotatable bonds is 5. The van der Waals surface area contributed by atoms with Crippen molar-refractivity contribution in [2.24, 2.45) is 0 Å². The molecule has 4 rings (SSSR count). The van der Waals surface area contributed by atoms with Crippen LogP contribution in [-0.2, 0) is 0 Å². The maximum atomic E-state index is 5.87. The molecule has 0 aromatic heterocycles. The first-order valence-corrected chi connectivity index (χ1v) is 9.32. The van der Waals surface area contributed by atoms with E-state index in [2.05, 4.69) is 46.6 Å². The molecule has 3 aromatic carbocycles. The molecular weight excluding hydrogens is 320 g/mol. The summed E-state index contributed by atoms with van der Waals surface area (Å²) >= 11 is 0. The van der Waals surface area contributed by atoms with E-state index >= 15 is 0 Å². The van der Waals surface area contributed by atoms with Gasteiger partial charge in [0, 0.05) is 18.8 Å². The molecule has 0 radical (unpaired) electrons. The maximum absolute atomic E-state index is 5.87. The highest BCUT2D eigenvalue weighted by molar-refractivity contribution is 5.75. The fraction of sp³-hybridized carbons (Fsp3) is 0.217. The van der Waals surface area contributed by atoms with Crippen LogP contribution in [0, 0.1) is 0 Å². The van der Waals surface area contributed by atoms with E-state index in [0.717, 1.165) is 36.0 Å². The van der Waals surface area contributed by atoms with E-state index in [4.69, 9.17) is 4.74 Å². The first kappa shape index (κ1) is 16.5. The highest BCUT2D eigenvalue weighted by atomic mass is 16.5. The maximum Gasteiger partial charge on any atom is 0.127 e. The standard InChI is InChI=1S/C23H24N2O/c1-3-9-20(10-4-1)26-21-15-13-19(14-16-21)24-22-11-5-6-12-23(22)25-17-7-2-8-18-25/h1,3-6,9-16,24H,2,7-8,17-18H2. The molecule has 0 amide bonds. The van der Waals surface area contributed by atoms with Crippen molar-refractivity contribution in [2.45, 2.75) is 19.3 Å². The largest absolute Gasteiger partial charge is 0.457 e. The van der Waals surface area contributed by atoms with Crippen LogP contribution in [0.3, 0.4) is 0 Å². The molecule has 132 valence electrons. The van der Waals surface area contributed by atoms with Gasteiger partial charge < -0.3 is 15.0 Å². The van der Waals surface area contributed by atoms with Gasteiger partial charge in [0.15, 0.2) is 0 Å². The first-order valence-electron chi connectivity index (χ1n) is 9.32. The van der Waals surface area contributed by atoms with Gasteiger partial charge in [0.1, 0.15) is 11.5 Å². The molecule has 1 aliphatic rings. The number of hydrogen-bond acceptors (Lipinski definition) is 3. The Morgan fingerprint density at radius 2 is 1.31 bits per heavy atom. The Hall–Kier alpha value is -2.94. The van der Waals surface area contributed by atoms with Crippen LogP contribution >= 0.6 is 0 Å². The number of anilines is 3. The summed E-state index contributed by atoms with van der Waals surface area (Å²) in [4.78, 5) is 2.48. The van der Waals surface area contributed by atoms with Crippen LogP contribution in [-0.4, -0.2) is 13.1 Å². The minimum Gasteiger partial charge on any atom is -0.457 e. The summed E-state index contributed by atoms with van der Waals surface area (Å²) < 4.78 is 5.87. The third-order valence-electron chi connectivity index (χ3n) is 4.71. The Morgan fingerprint density at radius 3 is 2.08 bits per heavy atom. The summed E-state index contributed by atoms with van der Waals surface area (Å²) in [6.45, 7) is 2.28. The predicted molar refractivity (Wildman–Crippen MR) is 109 cm³/mol. The number of para-hydroxylation sites is 3. The Kier molecular flexibility index (Phi) is 5.06. The van der Waals surface area contributed by atoms with E-state index in [9.17, 15) is 0 Å². The second-order valence-corrected chi connectivity index (χ2v) is 6.63. The minimum atomic E-state index is 0.839. The van der Waals surface area contributed by atoms with Gasteiger partial charge >= 0.3 is 0 Å². The molecule has 1 aliphatic heterocycles. The van der Waals surface area contributed by atoms with Gasteiger partial charge in [0.2, 0.25) is 0 Å². The van der Waals surface area contributed by atoms with Crippen LogP contribution in [0.2, 0.25) is 0 Å². The summed E-state index contributed by atoms with van der Waals surface area (Å²) in [6, 6.07) is 26.5. The molecule has 0 bridgehead atoms. The molecular formula is C23H24N2O. The third-order valence-corrected chi connectivity index (χ3v) is 4.71. The Labute approximate surface area is 155 Å². The zero-order chi connectivity index (χ0) is 17.6. The van der Waals surface area contributed by atoms with Gasteiger partial charge in [-0.2, -0.15) is 0 Å². The minimum absolute atomic E-state index is 0.839. The van der Waals surface area contributed by atoms with E-state index < -0.39 is 0 Å². The van der Waals surface area contributed by atoms with Crippen molar-refractivity contribution in [1.82, 2.24) is 0 Å². The molecule has 0 aliphatic carbocycles. The molecule has 3 heteroatoms. The predicted octanol–water partition coefficient (Wildman–Crippen LogP) is 6.21. The Bertz CT molecular complexity index is 824. The molecule has 0 atom stereocenters. The highest BCUT2D eigenvalue weighted by Gasteiger charge is 2.14. The van der Waals surface area contributed by atoms with Crippen LogP contribution in [0.5, 0.6) is 11.5 Å². The molecule has 1 fully saturated rings. The van der Waals surface area contributed by atoms with E-state index in [0.29, 0.717) is 0 Å². The van der Waals surface area contributed by atoms with Crippen LogP contribution in [0.1, 0.15) is 19.3 Å². The van der Waals surface area contributed by atoms with E-state index in [1.807, 2.05) is 42.5 Å². The van der Waals surface area contributed by atoms with Crippen molar-refractivity contribution < 1.29 is 4.74 Å². The molecule has 3 aromatic rings. The Balaban J connectivity index is 1.47. The topological polar surface area (TPSA) is 24.5 Å². The van der Waals surface area contributed by atoms with E-state index in [1.54, 1.807) is 0 Å². The lowest BCUT2D eigenvalue weighted by Crippen LogP contribution is -2.29. The van der Waals surface area contributed by atoms with Gasteiger partial charge in [-0.25, -0.2) is 0 Å². The van der Waals surface area contributed by atoms with Crippen molar-refractivity contribution in [1.29, 1.82) is 0 Å². The SMILES string of the molecule is c1ccc(Oc2ccc(Nc3ccccc3N3CCCCC3)cc2)cc1. The molecule has 0 spiro atoms. The van der Waals surface area contributed by atoms with Crippen molar-refractivity contribution in [3.05, 3.63) is 78.9 Å². The van der Waals surface area contributed by atoms with Crippen molar-refractivity contribution >= 4 is 17.1 Å². The monoisotopic (exact) mass is 344 g/mol. The summed E-state index contributed by atoms with van der Waals surface area (Å²) in [5.74, 6) is 1.69. The zero-order valence-electron chi connectivity index (χ0n) is 14.9. The smallest absolute Gasteiger partial charge is 0.127 e. The van der Waals surface area contributed by atoms with Gasteiger partial charge in [0.05, 0.1) is 11.4 Å². The average molecular weight is 344 g/mol. The summed E-state index contributed by atoms with van der Waals surface area (Å²) in [5, 5.41) is 3.56. The number of ether oxygens (including phenoxy) is 1. The van der Waals surface area contributed by atoms with Crippen molar-refractivity contribution in [3.63, 3.8) is 0 Å². The Morgan fingerprint density at radius 1 is 0.654 bits per heavy atom. The molecule has 1 saturated heterocycles. The van der Waals surface area contributed by atoms with Gasteiger partial charge in [-0.3, -0.25) is 0 Å². The lowest BCUT2D eigenvalue weighted by atomic mass is 10.1. The second-order valence-electron chi connectivity index (χ2n) is 6.63. The van der Waals surface area contributed by atoms with Gasteiger partial charge in [-0.05, 0) is 67.8 Å². The average Bonchev–Trinajstić information content (AvgIpc) is 2.71. The molecule has 26 heavy (non-hydrogen) atoms. The van der Waals surface area contributed by atoms with E-state index in [-0.39, 0.29) is 0 Å². The fourth-order valence-electron chi connectivity index (χ4n) is 3.38. The van der Waals surface area contributed by atoms with Gasteiger partial charge in [-0.15, -0.1) is 0 Å². The van der Waals surface area contributed by atoms with Crippen LogP contribution in [0.15, 0.2) is 78.9 Å². The fourth-order valence-corrected chi connectivity index (χ4v) is 3.38.